The molecule has 3 rings (SSSR count). The number of halogens is 10. The summed E-state index contributed by atoms with van der Waals surface area (Å²) < 4.78 is 121. The van der Waals surface area contributed by atoms with Crippen LogP contribution in [0.1, 0.15) is 51.2 Å². The van der Waals surface area contributed by atoms with Crippen LogP contribution in [0, 0.1) is 5.82 Å². The Hall–Kier alpha value is -3.22. The molecule has 0 saturated carbocycles. The lowest BCUT2D eigenvalue weighted by Gasteiger charge is -2.21. The molecule has 2 aromatic carbocycles. The van der Waals surface area contributed by atoms with Crippen LogP contribution in [0.5, 0.6) is 0 Å². The molecule has 1 aromatic heterocycles. The van der Waals surface area contributed by atoms with Gasteiger partial charge in [0, 0.05) is 18.4 Å². The molecule has 0 fully saturated rings. The van der Waals surface area contributed by atoms with E-state index in [0.717, 1.165) is 0 Å². The van der Waals surface area contributed by atoms with Crippen LogP contribution in [-0.4, -0.2) is 35.4 Å². The molecule has 3 aromatic rings. The van der Waals surface area contributed by atoms with E-state index in [2.05, 4.69) is 0 Å². The number of aromatic nitrogens is 1. The summed E-state index contributed by atoms with van der Waals surface area (Å²) in [6, 6.07) is 4.41. The van der Waals surface area contributed by atoms with Crippen molar-refractivity contribution in [3.63, 3.8) is 0 Å². The van der Waals surface area contributed by atoms with E-state index in [4.69, 9.17) is 11.6 Å². The van der Waals surface area contributed by atoms with Crippen molar-refractivity contribution in [1.82, 2.24) is 9.88 Å². The zero-order valence-electron chi connectivity index (χ0n) is 19.3. The molecule has 1 heterocycles. The molecule has 38 heavy (non-hydrogen) atoms. The third-order valence-electron chi connectivity index (χ3n) is 5.74. The summed E-state index contributed by atoms with van der Waals surface area (Å²) in [5.41, 5.74) is -3.07. The van der Waals surface area contributed by atoms with Crippen LogP contribution < -0.4 is 5.32 Å². The Balaban J connectivity index is 2.02. The van der Waals surface area contributed by atoms with Gasteiger partial charge in [0.25, 0.3) is 12.3 Å². The van der Waals surface area contributed by atoms with Crippen molar-refractivity contribution in [3.05, 3.63) is 69.6 Å². The lowest BCUT2D eigenvalue weighted by atomic mass is 9.90. The molecule has 0 aliphatic heterocycles. The molecule has 0 spiro atoms. The standard InChI is InChI=1S/C24H18ClF9N2O2/c1-2-36-18-9-16(25)13(22(38)35-10-21(27)28)5-12(18)7-19(36)20(37)8-14(23(29,30)31)11-3-4-17(26)15(6-11)24(32,33)34/h3-7,9,14,21H,2,8,10H2,1H3,(H,35,38). The van der Waals surface area contributed by atoms with Gasteiger partial charge < -0.3 is 9.88 Å². The second kappa shape index (κ2) is 10.9. The zero-order chi connectivity index (χ0) is 28.6. The number of fused-ring (bicyclic) bond motifs is 1. The molecule has 1 amide bonds. The van der Waals surface area contributed by atoms with Gasteiger partial charge >= 0.3 is 12.4 Å². The van der Waals surface area contributed by atoms with Crippen molar-refractivity contribution in [1.29, 1.82) is 0 Å². The first kappa shape index (κ1) is 29.3. The minimum atomic E-state index is -5.26. The van der Waals surface area contributed by atoms with E-state index in [-0.39, 0.29) is 45.9 Å². The van der Waals surface area contributed by atoms with Crippen LogP contribution in [0.15, 0.2) is 36.4 Å². The number of aryl methyl sites for hydroxylation is 1. The van der Waals surface area contributed by atoms with E-state index < -0.39 is 66.3 Å². The third-order valence-corrected chi connectivity index (χ3v) is 6.05. The summed E-state index contributed by atoms with van der Waals surface area (Å²) in [4.78, 5) is 25.3. The summed E-state index contributed by atoms with van der Waals surface area (Å²) in [5.74, 6) is -6.48. The highest BCUT2D eigenvalue weighted by Crippen LogP contribution is 2.41. The van der Waals surface area contributed by atoms with Gasteiger partial charge in [-0.3, -0.25) is 9.59 Å². The van der Waals surface area contributed by atoms with Gasteiger partial charge in [0.1, 0.15) is 5.82 Å². The number of hydrogen-bond donors (Lipinski definition) is 1. The Morgan fingerprint density at radius 2 is 1.68 bits per heavy atom. The molecule has 1 unspecified atom stereocenters. The highest BCUT2D eigenvalue weighted by atomic mass is 35.5. The Kier molecular flexibility index (Phi) is 8.39. The van der Waals surface area contributed by atoms with Crippen molar-refractivity contribution in [2.45, 2.75) is 44.6 Å². The van der Waals surface area contributed by atoms with E-state index in [0.29, 0.717) is 6.07 Å². The number of benzene rings is 2. The Morgan fingerprint density at radius 3 is 2.24 bits per heavy atom. The van der Waals surface area contributed by atoms with E-state index in [1.807, 2.05) is 5.32 Å². The molecule has 0 aliphatic carbocycles. The predicted octanol–water partition coefficient (Wildman–Crippen LogP) is 7.39. The van der Waals surface area contributed by atoms with Crippen molar-refractivity contribution in [2.75, 3.05) is 6.54 Å². The number of hydrogen-bond acceptors (Lipinski definition) is 2. The highest BCUT2D eigenvalue weighted by Gasteiger charge is 2.44. The Labute approximate surface area is 214 Å². The molecule has 14 heteroatoms. The maximum Gasteiger partial charge on any atom is 0.419 e. The number of amides is 1. The largest absolute Gasteiger partial charge is 0.419 e. The zero-order valence-corrected chi connectivity index (χ0v) is 20.0. The average Bonchev–Trinajstić information content (AvgIpc) is 3.16. The normalized spacial score (nSPS) is 13.3. The molecule has 4 nitrogen and oxygen atoms in total. The lowest BCUT2D eigenvalue weighted by Crippen LogP contribution is -2.28. The minimum Gasteiger partial charge on any atom is -0.346 e. The molecule has 206 valence electrons. The third kappa shape index (κ3) is 6.25. The summed E-state index contributed by atoms with van der Waals surface area (Å²) in [7, 11) is 0. The Morgan fingerprint density at radius 1 is 1.03 bits per heavy atom. The molecule has 0 bridgehead atoms. The van der Waals surface area contributed by atoms with E-state index in [9.17, 15) is 49.1 Å². The van der Waals surface area contributed by atoms with Gasteiger partial charge in [0.2, 0.25) is 0 Å². The van der Waals surface area contributed by atoms with Crippen LogP contribution in [0.4, 0.5) is 39.5 Å². The van der Waals surface area contributed by atoms with Crippen LogP contribution in [-0.2, 0) is 12.7 Å². The maximum absolute atomic E-state index is 13.9. The summed E-state index contributed by atoms with van der Waals surface area (Å²) in [6.45, 7) is 0.665. The molecular formula is C24H18ClF9N2O2. The van der Waals surface area contributed by atoms with Crippen molar-refractivity contribution < 1.29 is 49.1 Å². The molecule has 0 saturated heterocycles. The fourth-order valence-corrected chi connectivity index (χ4v) is 4.23. The highest BCUT2D eigenvalue weighted by molar-refractivity contribution is 6.34. The van der Waals surface area contributed by atoms with E-state index in [1.165, 1.54) is 22.8 Å². The van der Waals surface area contributed by atoms with E-state index >= 15 is 0 Å². The summed E-state index contributed by atoms with van der Waals surface area (Å²) in [5, 5.41) is 1.98. The number of carbonyl (C=O) groups is 2. The number of Topliss-reactive ketones (excluding diaryl/α,β-unsaturated/α-hetero) is 1. The molecule has 0 radical (unpaired) electrons. The summed E-state index contributed by atoms with van der Waals surface area (Å²) in [6.07, 6.45) is -14.5. The van der Waals surface area contributed by atoms with Gasteiger partial charge in [0.05, 0.1) is 39.8 Å². The second-order valence-corrected chi connectivity index (χ2v) is 8.63. The second-order valence-electron chi connectivity index (χ2n) is 8.22. The number of nitrogens with zero attached hydrogens (tertiary/aromatic N) is 1. The van der Waals surface area contributed by atoms with Gasteiger partial charge in [-0.1, -0.05) is 17.7 Å². The van der Waals surface area contributed by atoms with Crippen molar-refractivity contribution in [3.8, 4) is 0 Å². The lowest BCUT2D eigenvalue weighted by molar-refractivity contribution is -0.151. The van der Waals surface area contributed by atoms with Crippen molar-refractivity contribution in [2.24, 2.45) is 0 Å². The van der Waals surface area contributed by atoms with E-state index in [1.54, 1.807) is 6.92 Å². The van der Waals surface area contributed by atoms with Gasteiger partial charge in [-0.05, 0) is 42.8 Å². The molecule has 1 N–H and O–H groups in total. The number of rotatable bonds is 8. The first-order valence-electron chi connectivity index (χ1n) is 10.9. The number of alkyl halides is 8. The number of ketones is 1. The molecule has 0 aliphatic rings. The molecular weight excluding hydrogens is 555 g/mol. The minimum absolute atomic E-state index is 0.0280. The number of carbonyl (C=O) groups excluding carboxylic acids is 2. The van der Waals surface area contributed by atoms with Gasteiger partial charge in [0.15, 0.2) is 5.78 Å². The smallest absolute Gasteiger partial charge is 0.346 e. The van der Waals surface area contributed by atoms with Crippen LogP contribution in [0.2, 0.25) is 5.02 Å². The van der Waals surface area contributed by atoms with Gasteiger partial charge in [-0.25, -0.2) is 13.2 Å². The fourth-order valence-electron chi connectivity index (χ4n) is 3.98. The van der Waals surface area contributed by atoms with Gasteiger partial charge in [-0.2, -0.15) is 26.3 Å². The monoisotopic (exact) mass is 572 g/mol. The average molecular weight is 573 g/mol. The van der Waals surface area contributed by atoms with Gasteiger partial charge in [-0.15, -0.1) is 0 Å². The van der Waals surface area contributed by atoms with Crippen molar-refractivity contribution >= 4 is 34.2 Å². The first-order chi connectivity index (χ1) is 17.5. The quantitative estimate of drug-likeness (QED) is 0.226. The predicted molar refractivity (Wildman–Crippen MR) is 120 cm³/mol. The van der Waals surface area contributed by atoms with Crippen LogP contribution in [0.25, 0.3) is 10.9 Å². The van der Waals surface area contributed by atoms with Crippen LogP contribution in [0.3, 0.4) is 0 Å². The topological polar surface area (TPSA) is 51.1 Å². The fraction of sp³-hybridized carbons (Fsp3) is 0.333. The summed E-state index contributed by atoms with van der Waals surface area (Å²) >= 11 is 6.10. The van der Waals surface area contributed by atoms with Crippen LogP contribution >= 0.6 is 11.6 Å². The first-order valence-corrected chi connectivity index (χ1v) is 11.3. The Bertz CT molecular complexity index is 1360. The maximum atomic E-state index is 13.9. The number of nitrogens with one attached hydrogen (secondary N) is 1. The molecule has 1 atom stereocenters. The SMILES string of the molecule is CCn1c(C(=O)CC(c2ccc(F)c(C(F)(F)F)c2)C(F)(F)F)cc2cc(C(=O)NCC(F)F)c(Cl)cc21.